The molecule has 16 heavy (non-hydrogen) atoms. The second kappa shape index (κ2) is 8.53. The number of aliphatic hydroxyl groups excluding tert-OH is 1. The third-order valence-corrected chi connectivity index (χ3v) is 2.99. The number of hydrogen-bond donors (Lipinski definition) is 2. The van der Waals surface area contributed by atoms with E-state index in [1.54, 1.807) is 7.11 Å². The summed E-state index contributed by atoms with van der Waals surface area (Å²) in [4.78, 5) is 11.6. The first-order valence-corrected chi connectivity index (χ1v) is 5.97. The summed E-state index contributed by atoms with van der Waals surface area (Å²) < 4.78 is 4.91. The quantitative estimate of drug-likeness (QED) is 0.659. The first-order chi connectivity index (χ1) is 7.52. The van der Waals surface area contributed by atoms with Crippen LogP contribution >= 0.6 is 0 Å². The molecule has 0 heterocycles. The Labute approximate surface area is 98.4 Å². The van der Waals surface area contributed by atoms with E-state index >= 15 is 0 Å². The van der Waals surface area contributed by atoms with E-state index < -0.39 is 6.10 Å². The third-order valence-electron chi connectivity index (χ3n) is 2.99. The van der Waals surface area contributed by atoms with Crippen LogP contribution in [0.3, 0.4) is 0 Å². The van der Waals surface area contributed by atoms with Crippen molar-refractivity contribution in [2.75, 3.05) is 20.3 Å². The smallest absolute Gasteiger partial charge is 0.223 e. The fourth-order valence-corrected chi connectivity index (χ4v) is 1.28. The van der Waals surface area contributed by atoms with Crippen molar-refractivity contribution in [3.63, 3.8) is 0 Å². The molecule has 0 aromatic rings. The van der Waals surface area contributed by atoms with Crippen LogP contribution in [0.1, 0.15) is 33.6 Å². The van der Waals surface area contributed by atoms with Gasteiger partial charge in [-0.3, -0.25) is 4.79 Å². The Morgan fingerprint density at radius 3 is 2.56 bits per heavy atom. The number of carbonyl (C=O) groups is 1. The van der Waals surface area contributed by atoms with Gasteiger partial charge in [-0.1, -0.05) is 27.2 Å². The van der Waals surface area contributed by atoms with Crippen LogP contribution in [0.4, 0.5) is 0 Å². The predicted octanol–water partition coefficient (Wildman–Crippen LogP) is 1.18. The minimum atomic E-state index is -0.455. The third kappa shape index (κ3) is 6.08. The number of aliphatic hydroxyl groups is 1. The molecule has 0 aliphatic rings. The van der Waals surface area contributed by atoms with E-state index in [2.05, 4.69) is 5.32 Å². The Morgan fingerprint density at radius 1 is 1.44 bits per heavy atom. The first-order valence-electron chi connectivity index (χ1n) is 5.97. The molecule has 4 nitrogen and oxygen atoms in total. The molecular formula is C12H25NO3. The largest absolute Gasteiger partial charge is 0.391 e. The molecule has 0 bridgehead atoms. The zero-order valence-corrected chi connectivity index (χ0v) is 10.8. The molecule has 4 heteroatoms. The van der Waals surface area contributed by atoms with Gasteiger partial charge in [0.05, 0.1) is 6.10 Å². The highest BCUT2D eigenvalue weighted by Crippen LogP contribution is 2.07. The minimum absolute atomic E-state index is 0.0144. The van der Waals surface area contributed by atoms with Crippen molar-refractivity contribution in [1.29, 1.82) is 0 Å². The second-order valence-corrected chi connectivity index (χ2v) is 4.38. The average Bonchev–Trinajstić information content (AvgIpc) is 2.31. The zero-order valence-electron chi connectivity index (χ0n) is 10.8. The summed E-state index contributed by atoms with van der Waals surface area (Å²) in [5.41, 5.74) is 0. The summed E-state index contributed by atoms with van der Waals surface area (Å²) in [5, 5.41) is 12.4. The summed E-state index contributed by atoms with van der Waals surface area (Å²) in [6, 6.07) is 0. The van der Waals surface area contributed by atoms with Gasteiger partial charge in [-0.15, -0.1) is 0 Å². The lowest BCUT2D eigenvalue weighted by molar-refractivity contribution is -0.125. The van der Waals surface area contributed by atoms with Crippen molar-refractivity contribution in [3.05, 3.63) is 0 Å². The van der Waals surface area contributed by atoms with Crippen molar-refractivity contribution < 1.29 is 14.6 Å². The summed E-state index contributed by atoms with van der Waals surface area (Å²) in [6.07, 6.45) is 1.17. The van der Waals surface area contributed by atoms with Crippen LogP contribution in [-0.4, -0.2) is 37.4 Å². The number of nitrogens with one attached hydrogen (secondary N) is 1. The Balaban J connectivity index is 3.79. The highest BCUT2D eigenvalue weighted by molar-refractivity contribution is 5.78. The fourth-order valence-electron chi connectivity index (χ4n) is 1.28. The van der Waals surface area contributed by atoms with Gasteiger partial charge in [0, 0.05) is 26.2 Å². The van der Waals surface area contributed by atoms with Gasteiger partial charge in [-0.05, 0) is 12.3 Å². The molecule has 2 N–H and O–H groups in total. The normalized spacial score (nSPS) is 16.6. The Kier molecular flexibility index (Phi) is 8.21. The molecule has 0 fully saturated rings. The van der Waals surface area contributed by atoms with Gasteiger partial charge < -0.3 is 15.2 Å². The summed E-state index contributed by atoms with van der Waals surface area (Å²) in [6.45, 7) is 6.79. The summed E-state index contributed by atoms with van der Waals surface area (Å²) in [7, 11) is 1.62. The maximum atomic E-state index is 11.6. The van der Waals surface area contributed by atoms with E-state index in [4.69, 9.17) is 4.74 Å². The number of rotatable bonds is 8. The Bertz CT molecular complexity index is 197. The molecule has 0 saturated heterocycles. The van der Waals surface area contributed by atoms with Crippen LogP contribution in [0.25, 0.3) is 0 Å². The highest BCUT2D eigenvalue weighted by atomic mass is 16.5. The minimum Gasteiger partial charge on any atom is -0.391 e. The molecule has 0 spiro atoms. The van der Waals surface area contributed by atoms with Gasteiger partial charge in [0.15, 0.2) is 0 Å². The van der Waals surface area contributed by atoms with Gasteiger partial charge in [0.2, 0.25) is 5.91 Å². The van der Waals surface area contributed by atoms with Crippen LogP contribution in [0.15, 0.2) is 0 Å². The molecule has 0 aromatic carbocycles. The van der Waals surface area contributed by atoms with Crippen molar-refractivity contribution in [2.24, 2.45) is 11.8 Å². The molecule has 0 saturated carbocycles. The molecule has 0 radical (unpaired) electrons. The van der Waals surface area contributed by atoms with Crippen LogP contribution in [0.2, 0.25) is 0 Å². The van der Waals surface area contributed by atoms with E-state index in [0.717, 1.165) is 6.42 Å². The van der Waals surface area contributed by atoms with Gasteiger partial charge in [-0.2, -0.15) is 0 Å². The van der Waals surface area contributed by atoms with E-state index in [1.807, 2.05) is 20.8 Å². The first kappa shape index (κ1) is 15.4. The number of amides is 1. The summed E-state index contributed by atoms with van der Waals surface area (Å²) in [5.74, 6) is 0.137. The van der Waals surface area contributed by atoms with E-state index in [0.29, 0.717) is 19.6 Å². The number of carbonyl (C=O) groups excluding carboxylic acids is 1. The Hall–Kier alpha value is -0.610. The van der Waals surface area contributed by atoms with Crippen molar-refractivity contribution in [2.45, 2.75) is 39.7 Å². The summed E-state index contributed by atoms with van der Waals surface area (Å²) >= 11 is 0. The van der Waals surface area contributed by atoms with Crippen LogP contribution < -0.4 is 5.32 Å². The Morgan fingerprint density at radius 2 is 2.06 bits per heavy atom. The second-order valence-electron chi connectivity index (χ2n) is 4.38. The maximum Gasteiger partial charge on any atom is 0.223 e. The lowest BCUT2D eigenvalue weighted by Crippen LogP contribution is -2.38. The van der Waals surface area contributed by atoms with Crippen molar-refractivity contribution >= 4 is 5.91 Å². The van der Waals surface area contributed by atoms with Crippen LogP contribution in [-0.2, 0) is 9.53 Å². The lowest BCUT2D eigenvalue weighted by atomic mass is 10.0. The lowest BCUT2D eigenvalue weighted by Gasteiger charge is -2.19. The highest BCUT2D eigenvalue weighted by Gasteiger charge is 2.16. The zero-order chi connectivity index (χ0) is 12.6. The van der Waals surface area contributed by atoms with Crippen molar-refractivity contribution in [1.82, 2.24) is 5.32 Å². The van der Waals surface area contributed by atoms with E-state index in [1.165, 1.54) is 0 Å². The van der Waals surface area contributed by atoms with Gasteiger partial charge in [-0.25, -0.2) is 0 Å². The molecular weight excluding hydrogens is 206 g/mol. The molecule has 0 aromatic heterocycles. The topological polar surface area (TPSA) is 58.6 Å². The number of hydrogen-bond acceptors (Lipinski definition) is 3. The predicted molar refractivity (Wildman–Crippen MR) is 64.1 cm³/mol. The molecule has 96 valence electrons. The molecule has 3 unspecified atom stereocenters. The van der Waals surface area contributed by atoms with Gasteiger partial charge >= 0.3 is 0 Å². The van der Waals surface area contributed by atoms with E-state index in [9.17, 15) is 9.90 Å². The number of methoxy groups -OCH3 is 1. The standard InChI is InChI=1S/C12H25NO3/c1-5-9(2)11(14)8-13-12(15)10(3)6-7-16-4/h9-11,14H,5-8H2,1-4H3,(H,13,15). The molecule has 1 amide bonds. The SMILES string of the molecule is CCC(C)C(O)CNC(=O)C(C)CCOC. The van der Waals surface area contributed by atoms with Gasteiger partial charge in [0.1, 0.15) is 0 Å². The van der Waals surface area contributed by atoms with E-state index in [-0.39, 0.29) is 17.7 Å². The van der Waals surface area contributed by atoms with Crippen LogP contribution in [0.5, 0.6) is 0 Å². The van der Waals surface area contributed by atoms with Crippen LogP contribution in [0, 0.1) is 11.8 Å². The fraction of sp³-hybridized carbons (Fsp3) is 0.917. The van der Waals surface area contributed by atoms with Crippen molar-refractivity contribution in [3.8, 4) is 0 Å². The monoisotopic (exact) mass is 231 g/mol. The number of ether oxygens (including phenoxy) is 1. The average molecular weight is 231 g/mol. The molecule has 0 aliphatic carbocycles. The maximum absolute atomic E-state index is 11.6. The molecule has 0 rings (SSSR count). The molecule has 0 aliphatic heterocycles. The van der Waals surface area contributed by atoms with Gasteiger partial charge in [0.25, 0.3) is 0 Å². The molecule has 3 atom stereocenters.